The van der Waals surface area contributed by atoms with E-state index in [1.165, 1.54) is 18.5 Å². The second kappa shape index (κ2) is 10.4. The average molecular weight is 516 g/mol. The number of carbonyl (C=O) groups is 1. The third kappa shape index (κ3) is 5.54. The zero-order valence-electron chi connectivity index (χ0n) is 16.8. The molecule has 10 heteroatoms. The van der Waals surface area contributed by atoms with Gasteiger partial charge in [0.2, 0.25) is 0 Å². The fourth-order valence-electron chi connectivity index (χ4n) is 3.03. The van der Waals surface area contributed by atoms with Crippen LogP contribution >= 0.6 is 46.3 Å². The van der Waals surface area contributed by atoms with E-state index in [1.54, 1.807) is 0 Å². The minimum absolute atomic E-state index is 0.176. The van der Waals surface area contributed by atoms with Crippen LogP contribution in [0, 0.1) is 10.1 Å². The molecule has 2 aromatic carbocycles. The standard InChI is InChI=1S/C23H15Cl2N3O3S2/c24-17-12-26-13-18(25)21(17)33-23-19(28(30)31)10-20(32-23)22(29)27-11-14-5-4-8-16(9-14)15-6-2-1-3-7-15/h1-10,12-13H,11H2,(H,27,29). The van der Waals surface area contributed by atoms with Gasteiger partial charge in [-0.15, -0.1) is 11.3 Å². The molecule has 0 unspecified atom stereocenters. The summed E-state index contributed by atoms with van der Waals surface area (Å²) in [4.78, 5) is 28.3. The number of nitrogens with one attached hydrogen (secondary N) is 1. The highest BCUT2D eigenvalue weighted by Crippen LogP contribution is 2.45. The van der Waals surface area contributed by atoms with Crippen LogP contribution in [0.25, 0.3) is 11.1 Å². The number of nitro groups is 1. The fraction of sp³-hybridized carbons (Fsp3) is 0.0435. The molecule has 0 aliphatic rings. The Balaban J connectivity index is 1.51. The number of hydrogen-bond acceptors (Lipinski definition) is 6. The van der Waals surface area contributed by atoms with Gasteiger partial charge in [0.1, 0.15) is 9.09 Å². The number of amides is 1. The Bertz CT molecular complexity index is 1310. The van der Waals surface area contributed by atoms with E-state index < -0.39 is 10.8 Å². The Morgan fingerprint density at radius 1 is 1.03 bits per heavy atom. The van der Waals surface area contributed by atoms with Crippen molar-refractivity contribution in [3.05, 3.63) is 104 Å². The van der Waals surface area contributed by atoms with Gasteiger partial charge in [-0.1, -0.05) is 83.5 Å². The van der Waals surface area contributed by atoms with E-state index in [0.717, 1.165) is 39.8 Å². The van der Waals surface area contributed by atoms with Crippen molar-refractivity contribution in [2.45, 2.75) is 15.6 Å². The minimum atomic E-state index is -0.526. The molecule has 0 spiro atoms. The maximum atomic E-state index is 12.8. The molecule has 4 aromatic rings. The number of thiophene rings is 1. The summed E-state index contributed by atoms with van der Waals surface area (Å²) in [6, 6.07) is 19.0. The van der Waals surface area contributed by atoms with Crippen molar-refractivity contribution in [2.24, 2.45) is 0 Å². The quantitative estimate of drug-likeness (QED) is 0.209. The van der Waals surface area contributed by atoms with Gasteiger partial charge in [0, 0.05) is 25.0 Å². The molecule has 0 aliphatic carbocycles. The summed E-state index contributed by atoms with van der Waals surface area (Å²) < 4.78 is 0.311. The molecule has 1 amide bonds. The SMILES string of the molecule is O=C(NCc1cccc(-c2ccccc2)c1)c1cc([N+](=O)[O-])c(Sc2c(Cl)cncc2Cl)s1. The van der Waals surface area contributed by atoms with Crippen molar-refractivity contribution in [2.75, 3.05) is 0 Å². The number of pyridine rings is 1. The Kier molecular flexibility index (Phi) is 7.29. The van der Waals surface area contributed by atoms with Gasteiger partial charge in [-0.05, 0) is 22.8 Å². The van der Waals surface area contributed by atoms with E-state index in [0.29, 0.717) is 9.10 Å². The molecule has 166 valence electrons. The summed E-state index contributed by atoms with van der Waals surface area (Å²) in [6.45, 7) is 0.287. The molecular weight excluding hydrogens is 501 g/mol. The monoisotopic (exact) mass is 515 g/mol. The highest BCUT2D eigenvalue weighted by Gasteiger charge is 2.24. The molecular formula is C23H15Cl2N3O3S2. The van der Waals surface area contributed by atoms with Crippen LogP contribution in [0.5, 0.6) is 0 Å². The average Bonchev–Trinajstić information content (AvgIpc) is 3.25. The molecule has 0 radical (unpaired) electrons. The zero-order valence-corrected chi connectivity index (χ0v) is 20.0. The van der Waals surface area contributed by atoms with E-state index >= 15 is 0 Å². The molecule has 0 aliphatic heterocycles. The second-order valence-electron chi connectivity index (χ2n) is 6.82. The highest BCUT2D eigenvalue weighted by atomic mass is 35.5. The Labute approximate surface area is 207 Å². The lowest BCUT2D eigenvalue weighted by molar-refractivity contribution is -0.387. The van der Waals surface area contributed by atoms with E-state index in [2.05, 4.69) is 10.3 Å². The van der Waals surface area contributed by atoms with Crippen LogP contribution in [0.4, 0.5) is 5.69 Å². The predicted molar refractivity (Wildman–Crippen MR) is 132 cm³/mol. The molecule has 4 rings (SSSR count). The zero-order chi connectivity index (χ0) is 23.4. The third-order valence-corrected chi connectivity index (χ3v) is 7.85. The normalized spacial score (nSPS) is 10.7. The molecule has 33 heavy (non-hydrogen) atoms. The molecule has 0 fully saturated rings. The molecule has 1 N–H and O–H groups in total. The van der Waals surface area contributed by atoms with Crippen LogP contribution in [0.2, 0.25) is 10.0 Å². The number of rotatable bonds is 7. The van der Waals surface area contributed by atoms with Crippen molar-refractivity contribution < 1.29 is 9.72 Å². The lowest BCUT2D eigenvalue weighted by Gasteiger charge is -2.07. The van der Waals surface area contributed by atoms with Crippen LogP contribution in [-0.4, -0.2) is 15.8 Å². The predicted octanol–water partition coefficient (Wildman–Crippen LogP) is 7.11. The van der Waals surface area contributed by atoms with Crippen molar-refractivity contribution in [3.8, 4) is 11.1 Å². The number of aromatic nitrogens is 1. The Morgan fingerprint density at radius 3 is 2.42 bits per heavy atom. The van der Waals surface area contributed by atoms with Crippen molar-refractivity contribution in [3.63, 3.8) is 0 Å². The van der Waals surface area contributed by atoms with Crippen LogP contribution in [0.3, 0.4) is 0 Å². The minimum Gasteiger partial charge on any atom is -0.347 e. The van der Waals surface area contributed by atoms with Gasteiger partial charge >= 0.3 is 0 Å². The van der Waals surface area contributed by atoms with E-state index in [1.807, 2.05) is 54.6 Å². The molecule has 0 saturated carbocycles. The van der Waals surface area contributed by atoms with Gasteiger partial charge < -0.3 is 5.32 Å². The summed E-state index contributed by atoms with van der Waals surface area (Å²) in [5.41, 5.74) is 2.86. The topological polar surface area (TPSA) is 85.1 Å². The lowest BCUT2D eigenvalue weighted by atomic mass is 10.0. The number of halogens is 2. The van der Waals surface area contributed by atoms with Gasteiger partial charge in [0.25, 0.3) is 11.6 Å². The van der Waals surface area contributed by atoms with Gasteiger partial charge in [0.05, 0.1) is 19.9 Å². The first-order chi connectivity index (χ1) is 15.9. The van der Waals surface area contributed by atoms with Gasteiger partial charge in [-0.3, -0.25) is 19.9 Å². The van der Waals surface area contributed by atoms with E-state index in [9.17, 15) is 14.9 Å². The smallest absolute Gasteiger partial charge is 0.294 e. The molecule has 2 heterocycles. The summed E-state index contributed by atoms with van der Waals surface area (Å²) in [7, 11) is 0. The largest absolute Gasteiger partial charge is 0.347 e. The Morgan fingerprint density at radius 2 is 1.73 bits per heavy atom. The van der Waals surface area contributed by atoms with Gasteiger partial charge in [-0.25, -0.2) is 0 Å². The first-order valence-electron chi connectivity index (χ1n) is 9.60. The van der Waals surface area contributed by atoms with Crippen LogP contribution in [0.1, 0.15) is 15.2 Å². The number of hydrogen-bond donors (Lipinski definition) is 1. The maximum Gasteiger partial charge on any atom is 0.294 e. The summed E-state index contributed by atoms with van der Waals surface area (Å²) >= 11 is 14.3. The first kappa shape index (κ1) is 23.3. The number of carbonyl (C=O) groups excluding carboxylic acids is 1. The summed E-state index contributed by atoms with van der Waals surface area (Å²) in [5.74, 6) is -0.396. The second-order valence-corrected chi connectivity index (χ2v) is 9.97. The van der Waals surface area contributed by atoms with Crippen molar-refractivity contribution >= 4 is 57.9 Å². The first-order valence-corrected chi connectivity index (χ1v) is 12.0. The van der Waals surface area contributed by atoms with Gasteiger partial charge in [-0.2, -0.15) is 0 Å². The number of benzene rings is 2. The fourth-order valence-corrected chi connectivity index (χ4v) is 5.81. The van der Waals surface area contributed by atoms with Crippen LogP contribution in [-0.2, 0) is 6.54 Å². The van der Waals surface area contributed by atoms with Gasteiger partial charge in [0.15, 0.2) is 0 Å². The summed E-state index contributed by atoms with van der Waals surface area (Å²) in [6.07, 6.45) is 2.82. The van der Waals surface area contributed by atoms with Crippen LogP contribution < -0.4 is 5.32 Å². The molecule has 6 nitrogen and oxygen atoms in total. The van der Waals surface area contributed by atoms with E-state index in [-0.39, 0.29) is 27.2 Å². The number of nitrogens with zero attached hydrogens (tertiary/aromatic N) is 2. The van der Waals surface area contributed by atoms with Crippen molar-refractivity contribution in [1.82, 2.24) is 10.3 Å². The molecule has 0 saturated heterocycles. The maximum absolute atomic E-state index is 12.8. The third-order valence-electron chi connectivity index (χ3n) is 4.59. The lowest BCUT2D eigenvalue weighted by Crippen LogP contribution is -2.21. The molecule has 0 atom stereocenters. The highest BCUT2D eigenvalue weighted by molar-refractivity contribution is 8.01. The summed E-state index contributed by atoms with van der Waals surface area (Å²) in [5, 5.41) is 15.0. The van der Waals surface area contributed by atoms with Crippen molar-refractivity contribution in [1.29, 1.82) is 0 Å². The van der Waals surface area contributed by atoms with Crippen LogP contribution in [0.15, 0.2) is 82.2 Å². The molecule has 0 bridgehead atoms. The molecule has 2 aromatic heterocycles. The Hall–Kier alpha value is -2.91. The van der Waals surface area contributed by atoms with E-state index in [4.69, 9.17) is 23.2 Å².